The summed E-state index contributed by atoms with van der Waals surface area (Å²) in [4.78, 5) is 0. The van der Waals surface area contributed by atoms with Gasteiger partial charge in [0, 0.05) is 47.0 Å². The van der Waals surface area contributed by atoms with Crippen LogP contribution in [0.1, 0.15) is 0 Å². The monoisotopic (exact) mass is 536 g/mol. The summed E-state index contributed by atoms with van der Waals surface area (Å²) in [5.74, 6) is 0. The maximum absolute atomic E-state index is 2.25. The van der Waals surface area contributed by atoms with E-state index in [-0.39, 0.29) is 0 Å². The van der Waals surface area contributed by atoms with Crippen molar-refractivity contribution < 1.29 is 0 Å². The molecule has 8 aromatic rings. The number of aromatic nitrogens is 2. The van der Waals surface area contributed by atoms with Crippen molar-refractivity contribution in [2.24, 2.45) is 0 Å². The predicted molar refractivity (Wildman–Crippen MR) is 176 cm³/mol. The fraction of sp³-hybridized carbons (Fsp3) is 0. The minimum atomic E-state index is 1.21. The van der Waals surface area contributed by atoms with Crippen molar-refractivity contribution in [2.75, 3.05) is 0 Å². The lowest BCUT2D eigenvalue weighted by Gasteiger charge is -2.09. The number of pyridine rings is 2. The van der Waals surface area contributed by atoms with E-state index in [1.54, 1.807) is 0 Å². The van der Waals surface area contributed by atoms with Gasteiger partial charge in [-0.15, -0.1) is 0 Å². The molecule has 4 heterocycles. The summed E-state index contributed by atoms with van der Waals surface area (Å²) < 4.78 is 4.44. The normalized spacial score (nSPS) is 11.3. The van der Waals surface area contributed by atoms with Crippen molar-refractivity contribution in [2.45, 2.75) is 0 Å². The lowest BCUT2D eigenvalue weighted by atomic mass is 9.94. The summed E-state index contributed by atoms with van der Waals surface area (Å²) in [5, 5.41) is 0. The molecule has 198 valence electrons. The van der Waals surface area contributed by atoms with Crippen LogP contribution in [0.15, 0.2) is 170 Å². The Morgan fingerprint density at radius 3 is 1.05 bits per heavy atom. The van der Waals surface area contributed by atoms with Crippen molar-refractivity contribution in [1.29, 1.82) is 0 Å². The molecule has 0 amide bonds. The second-order valence-electron chi connectivity index (χ2n) is 10.7. The van der Waals surface area contributed by atoms with Crippen LogP contribution in [0.25, 0.3) is 66.7 Å². The van der Waals surface area contributed by atoms with E-state index in [4.69, 9.17) is 0 Å². The van der Waals surface area contributed by atoms with Gasteiger partial charge in [0.15, 0.2) is 0 Å². The molecule has 2 nitrogen and oxygen atoms in total. The molecule has 0 spiro atoms. The first-order valence-electron chi connectivity index (χ1n) is 14.3. The largest absolute Gasteiger partial charge is 0.323 e. The fourth-order valence-electron chi connectivity index (χ4n) is 6.18. The van der Waals surface area contributed by atoms with Crippen molar-refractivity contribution in [3.8, 4) is 55.6 Å². The fourth-order valence-corrected chi connectivity index (χ4v) is 6.18. The van der Waals surface area contributed by atoms with Crippen LogP contribution < -0.4 is 0 Å². The molecule has 0 bridgehead atoms. The van der Waals surface area contributed by atoms with E-state index in [0.29, 0.717) is 0 Å². The minimum absolute atomic E-state index is 1.21. The zero-order valence-electron chi connectivity index (χ0n) is 23.1. The van der Waals surface area contributed by atoms with Gasteiger partial charge in [-0.05, 0) is 57.6 Å². The molecular weight excluding hydrogens is 508 g/mol. The van der Waals surface area contributed by atoms with Gasteiger partial charge in [-0.1, -0.05) is 121 Å². The molecule has 0 fully saturated rings. The Bertz CT molecular complexity index is 1990. The first-order chi connectivity index (χ1) is 20.8. The molecular formula is C40H28N2. The Kier molecular flexibility index (Phi) is 5.82. The quantitative estimate of drug-likeness (QED) is 0.207. The number of rotatable bonds is 5. The zero-order chi connectivity index (χ0) is 27.9. The van der Waals surface area contributed by atoms with Crippen molar-refractivity contribution in [3.05, 3.63) is 170 Å². The molecule has 0 aliphatic heterocycles. The first kappa shape index (κ1) is 24.2. The Morgan fingerprint density at radius 1 is 0.286 bits per heavy atom. The number of nitrogens with zero attached hydrogens (tertiary/aromatic N) is 2. The van der Waals surface area contributed by atoms with Gasteiger partial charge in [-0.3, -0.25) is 0 Å². The highest BCUT2D eigenvalue weighted by molar-refractivity contribution is 5.96. The van der Waals surface area contributed by atoms with Gasteiger partial charge >= 0.3 is 0 Å². The number of benzene rings is 4. The van der Waals surface area contributed by atoms with Gasteiger partial charge < -0.3 is 8.80 Å². The third-order valence-corrected chi connectivity index (χ3v) is 8.22. The molecule has 4 aromatic carbocycles. The van der Waals surface area contributed by atoms with E-state index >= 15 is 0 Å². The molecule has 0 aliphatic carbocycles. The van der Waals surface area contributed by atoms with Crippen LogP contribution in [0.2, 0.25) is 0 Å². The van der Waals surface area contributed by atoms with Crippen LogP contribution in [0.3, 0.4) is 0 Å². The molecule has 0 atom stereocenters. The first-order valence-corrected chi connectivity index (χ1v) is 14.3. The summed E-state index contributed by atoms with van der Waals surface area (Å²) in [7, 11) is 0. The van der Waals surface area contributed by atoms with E-state index in [2.05, 4.69) is 179 Å². The molecule has 42 heavy (non-hydrogen) atoms. The number of hydrogen-bond acceptors (Lipinski definition) is 0. The summed E-state index contributed by atoms with van der Waals surface area (Å²) in [6.45, 7) is 0. The van der Waals surface area contributed by atoms with Gasteiger partial charge in [0.2, 0.25) is 0 Å². The average molecular weight is 537 g/mol. The summed E-state index contributed by atoms with van der Waals surface area (Å²) >= 11 is 0. The highest BCUT2D eigenvalue weighted by Crippen LogP contribution is 2.39. The number of hydrogen-bond donors (Lipinski definition) is 0. The maximum Gasteiger partial charge on any atom is 0.0534 e. The van der Waals surface area contributed by atoms with Gasteiger partial charge in [-0.2, -0.15) is 0 Å². The predicted octanol–water partition coefficient (Wildman–Crippen LogP) is 10.5. The standard InChI is InChI=1S/C40H28N2/c1-3-11-33(12-4-1)39-35(27-41-25-9-7-15-37(39)41)31-21-17-29(18-22-31)30-19-23-32(24-20-30)36-28-42-26-10-8-16-38(42)40(36)34-13-5-2-6-14-34/h1-28H. The zero-order valence-corrected chi connectivity index (χ0v) is 23.1. The SMILES string of the molecule is c1ccc(-c2c(-c3ccc(-c4ccc(-c5cn6ccccc6c5-c5ccccc5)cc4)cc3)cn3ccccc23)cc1. The third kappa shape index (κ3) is 4.13. The minimum Gasteiger partial charge on any atom is -0.323 e. The molecule has 0 aliphatic rings. The molecule has 0 saturated heterocycles. The average Bonchev–Trinajstić information content (AvgIpc) is 3.65. The van der Waals surface area contributed by atoms with Gasteiger partial charge in [0.05, 0.1) is 11.0 Å². The van der Waals surface area contributed by atoms with E-state index in [9.17, 15) is 0 Å². The van der Waals surface area contributed by atoms with Crippen molar-refractivity contribution in [1.82, 2.24) is 8.80 Å². The smallest absolute Gasteiger partial charge is 0.0534 e. The van der Waals surface area contributed by atoms with Crippen molar-refractivity contribution in [3.63, 3.8) is 0 Å². The topological polar surface area (TPSA) is 8.82 Å². The van der Waals surface area contributed by atoms with Gasteiger partial charge in [0.1, 0.15) is 0 Å². The molecule has 0 saturated carbocycles. The lowest BCUT2D eigenvalue weighted by molar-refractivity contribution is 1.20. The van der Waals surface area contributed by atoms with Crippen molar-refractivity contribution >= 4 is 11.0 Å². The molecule has 4 aromatic heterocycles. The van der Waals surface area contributed by atoms with Crippen LogP contribution in [-0.2, 0) is 0 Å². The molecule has 0 radical (unpaired) electrons. The Hall–Kier alpha value is -5.60. The Balaban J connectivity index is 1.16. The second-order valence-corrected chi connectivity index (χ2v) is 10.7. The van der Waals surface area contributed by atoms with Gasteiger partial charge in [0.25, 0.3) is 0 Å². The summed E-state index contributed by atoms with van der Waals surface area (Å²) in [5.41, 5.74) is 14.7. The highest BCUT2D eigenvalue weighted by Gasteiger charge is 2.16. The van der Waals surface area contributed by atoms with E-state index in [1.165, 1.54) is 66.7 Å². The van der Waals surface area contributed by atoms with E-state index in [1.807, 2.05) is 0 Å². The van der Waals surface area contributed by atoms with E-state index < -0.39 is 0 Å². The summed E-state index contributed by atoms with van der Waals surface area (Å²) in [6.07, 6.45) is 8.73. The highest BCUT2D eigenvalue weighted by atomic mass is 14.9. The van der Waals surface area contributed by atoms with Crippen LogP contribution in [0.4, 0.5) is 0 Å². The molecule has 8 rings (SSSR count). The van der Waals surface area contributed by atoms with E-state index in [0.717, 1.165) is 0 Å². The van der Waals surface area contributed by atoms with Crippen LogP contribution in [0, 0.1) is 0 Å². The Morgan fingerprint density at radius 2 is 0.643 bits per heavy atom. The van der Waals surface area contributed by atoms with Crippen LogP contribution in [-0.4, -0.2) is 8.80 Å². The molecule has 0 N–H and O–H groups in total. The molecule has 2 heteroatoms. The van der Waals surface area contributed by atoms with Crippen LogP contribution >= 0.6 is 0 Å². The van der Waals surface area contributed by atoms with Gasteiger partial charge in [-0.25, -0.2) is 0 Å². The lowest BCUT2D eigenvalue weighted by Crippen LogP contribution is -1.84. The number of fused-ring (bicyclic) bond motifs is 2. The Labute approximate surface area is 245 Å². The third-order valence-electron chi connectivity index (χ3n) is 8.22. The summed E-state index contributed by atoms with van der Waals surface area (Å²) in [6, 6.07) is 52.1. The molecule has 0 unspecified atom stereocenters. The maximum atomic E-state index is 2.25. The van der Waals surface area contributed by atoms with Crippen LogP contribution in [0.5, 0.6) is 0 Å². The second kappa shape index (κ2) is 10.1.